The maximum atomic E-state index is 13.1. The summed E-state index contributed by atoms with van der Waals surface area (Å²) < 4.78 is 5.34. The topological polar surface area (TPSA) is 105 Å². The first kappa shape index (κ1) is 20.6. The highest BCUT2D eigenvalue weighted by atomic mass is 16.5. The standard InChI is InChI=1S/C18H32N4O4/c1-4-5-8-22-15(19)14(16(23)20-18(22)25)21(9-6-12(2)3)17(24)13-7-10-26-11-13/h12-15H,4-11,19H2,1-3H3,(H,20,23,25). The van der Waals surface area contributed by atoms with E-state index in [0.29, 0.717) is 38.6 Å². The predicted molar refractivity (Wildman–Crippen MR) is 97.0 cm³/mol. The normalized spacial score (nSPS) is 26.3. The van der Waals surface area contributed by atoms with Crippen LogP contribution in [0.5, 0.6) is 0 Å². The van der Waals surface area contributed by atoms with E-state index in [2.05, 4.69) is 19.2 Å². The van der Waals surface area contributed by atoms with Gasteiger partial charge in [0.25, 0.3) is 5.91 Å². The van der Waals surface area contributed by atoms with E-state index in [1.54, 1.807) is 4.90 Å². The summed E-state index contributed by atoms with van der Waals surface area (Å²) in [7, 11) is 0. The van der Waals surface area contributed by atoms with Crippen molar-refractivity contribution in [2.45, 2.75) is 58.7 Å². The molecule has 0 radical (unpaired) electrons. The number of amides is 4. The highest BCUT2D eigenvalue weighted by Gasteiger charge is 2.45. The number of hydrogen-bond donors (Lipinski definition) is 2. The van der Waals surface area contributed by atoms with E-state index in [-0.39, 0.29) is 11.8 Å². The smallest absolute Gasteiger partial charge is 0.325 e. The minimum absolute atomic E-state index is 0.108. The molecule has 2 fully saturated rings. The Morgan fingerprint density at radius 1 is 1.42 bits per heavy atom. The number of nitrogens with one attached hydrogen (secondary N) is 1. The molecule has 0 bridgehead atoms. The van der Waals surface area contributed by atoms with Crippen molar-refractivity contribution < 1.29 is 19.1 Å². The zero-order valence-electron chi connectivity index (χ0n) is 16.1. The summed E-state index contributed by atoms with van der Waals surface area (Å²) in [5.41, 5.74) is 6.31. The Morgan fingerprint density at radius 3 is 2.73 bits per heavy atom. The van der Waals surface area contributed by atoms with Gasteiger partial charge in [0.05, 0.1) is 12.5 Å². The quantitative estimate of drug-likeness (QED) is 0.662. The van der Waals surface area contributed by atoms with Gasteiger partial charge in [0.2, 0.25) is 5.91 Å². The first-order chi connectivity index (χ1) is 12.4. The van der Waals surface area contributed by atoms with E-state index in [4.69, 9.17) is 10.5 Å². The molecule has 8 nitrogen and oxygen atoms in total. The lowest BCUT2D eigenvalue weighted by Gasteiger charge is -2.43. The summed E-state index contributed by atoms with van der Waals surface area (Å²) in [4.78, 5) is 40.8. The second kappa shape index (κ2) is 9.32. The van der Waals surface area contributed by atoms with Crippen LogP contribution in [-0.2, 0) is 14.3 Å². The lowest BCUT2D eigenvalue weighted by atomic mass is 10.0. The van der Waals surface area contributed by atoms with E-state index in [1.807, 2.05) is 6.92 Å². The van der Waals surface area contributed by atoms with Crippen molar-refractivity contribution in [1.29, 1.82) is 0 Å². The minimum Gasteiger partial charge on any atom is -0.381 e. The number of carbonyl (C=O) groups is 3. The third-order valence-electron chi connectivity index (χ3n) is 5.04. The van der Waals surface area contributed by atoms with Crippen LogP contribution in [0.3, 0.4) is 0 Å². The minimum atomic E-state index is -0.864. The Labute approximate surface area is 155 Å². The second-order valence-electron chi connectivity index (χ2n) is 7.55. The van der Waals surface area contributed by atoms with Crippen LogP contribution in [0.1, 0.15) is 46.5 Å². The van der Waals surface area contributed by atoms with Crippen LogP contribution in [0.25, 0.3) is 0 Å². The molecule has 2 rings (SSSR count). The van der Waals surface area contributed by atoms with Crippen molar-refractivity contribution >= 4 is 17.8 Å². The molecule has 2 saturated heterocycles. The molecule has 2 heterocycles. The molecule has 0 aromatic carbocycles. The number of nitrogens with two attached hydrogens (primary N) is 1. The molecule has 26 heavy (non-hydrogen) atoms. The number of urea groups is 1. The van der Waals surface area contributed by atoms with Crippen molar-refractivity contribution in [1.82, 2.24) is 15.1 Å². The van der Waals surface area contributed by atoms with Crippen LogP contribution >= 0.6 is 0 Å². The molecule has 0 saturated carbocycles. The number of imide groups is 1. The Kier molecular flexibility index (Phi) is 7.40. The molecule has 3 atom stereocenters. The van der Waals surface area contributed by atoms with Gasteiger partial charge in [-0.2, -0.15) is 0 Å². The number of carbonyl (C=O) groups excluding carboxylic acids is 3. The summed E-state index contributed by atoms with van der Waals surface area (Å²) in [6, 6.07) is -1.34. The monoisotopic (exact) mass is 368 g/mol. The highest BCUT2D eigenvalue weighted by molar-refractivity contribution is 6.01. The summed E-state index contributed by atoms with van der Waals surface area (Å²) in [6.07, 6.45) is 2.28. The first-order valence-electron chi connectivity index (χ1n) is 9.62. The largest absolute Gasteiger partial charge is 0.381 e. The SMILES string of the molecule is CCCCN1C(=O)NC(=O)C(N(CCC(C)C)C(=O)C2CCOC2)C1N. The molecular weight excluding hydrogens is 336 g/mol. The third-order valence-corrected chi connectivity index (χ3v) is 5.04. The summed E-state index contributed by atoms with van der Waals surface area (Å²) in [5.74, 6) is -0.468. The number of rotatable bonds is 8. The second-order valence-corrected chi connectivity index (χ2v) is 7.55. The summed E-state index contributed by atoms with van der Waals surface area (Å²) in [5, 5.41) is 2.38. The number of nitrogens with zero attached hydrogens (tertiary/aromatic N) is 2. The Hall–Kier alpha value is -1.67. The van der Waals surface area contributed by atoms with Crippen LogP contribution < -0.4 is 11.1 Å². The lowest BCUT2D eigenvalue weighted by Crippen LogP contribution is -2.71. The van der Waals surface area contributed by atoms with Gasteiger partial charge in [-0.15, -0.1) is 0 Å². The van der Waals surface area contributed by atoms with Gasteiger partial charge in [0.1, 0.15) is 12.2 Å². The van der Waals surface area contributed by atoms with Gasteiger partial charge in [-0.3, -0.25) is 14.9 Å². The fourth-order valence-electron chi connectivity index (χ4n) is 3.36. The summed E-state index contributed by atoms with van der Waals surface area (Å²) >= 11 is 0. The Morgan fingerprint density at radius 2 is 2.15 bits per heavy atom. The van der Waals surface area contributed by atoms with Crippen molar-refractivity contribution in [3.63, 3.8) is 0 Å². The fourth-order valence-corrected chi connectivity index (χ4v) is 3.36. The van der Waals surface area contributed by atoms with Gasteiger partial charge in [0, 0.05) is 19.7 Å². The Balaban J connectivity index is 2.23. The van der Waals surface area contributed by atoms with Crippen molar-refractivity contribution in [2.75, 3.05) is 26.3 Å². The lowest BCUT2D eigenvalue weighted by molar-refractivity contribution is -0.147. The average Bonchev–Trinajstić information content (AvgIpc) is 3.11. The molecule has 3 unspecified atom stereocenters. The van der Waals surface area contributed by atoms with Gasteiger partial charge in [-0.25, -0.2) is 4.79 Å². The number of ether oxygens (including phenoxy) is 1. The zero-order chi connectivity index (χ0) is 19.3. The fraction of sp³-hybridized carbons (Fsp3) is 0.833. The molecule has 4 amide bonds. The third kappa shape index (κ3) is 4.73. The van der Waals surface area contributed by atoms with Gasteiger partial charge < -0.3 is 20.3 Å². The molecule has 0 aliphatic carbocycles. The average molecular weight is 368 g/mol. The number of unbranched alkanes of at least 4 members (excludes halogenated alkanes) is 1. The molecule has 148 valence electrons. The van der Waals surface area contributed by atoms with Gasteiger partial charge in [0.15, 0.2) is 0 Å². The maximum absolute atomic E-state index is 13.1. The molecular formula is C18H32N4O4. The van der Waals surface area contributed by atoms with Gasteiger partial charge in [-0.1, -0.05) is 27.2 Å². The van der Waals surface area contributed by atoms with Crippen LogP contribution in [0.2, 0.25) is 0 Å². The summed E-state index contributed by atoms with van der Waals surface area (Å²) in [6.45, 7) is 7.99. The van der Waals surface area contributed by atoms with E-state index in [9.17, 15) is 14.4 Å². The van der Waals surface area contributed by atoms with Crippen molar-refractivity contribution in [3.05, 3.63) is 0 Å². The van der Waals surface area contributed by atoms with Gasteiger partial charge in [-0.05, 0) is 25.2 Å². The van der Waals surface area contributed by atoms with Crippen molar-refractivity contribution in [3.8, 4) is 0 Å². The predicted octanol–water partition coefficient (Wildman–Crippen LogP) is 0.903. The van der Waals surface area contributed by atoms with Gasteiger partial charge >= 0.3 is 6.03 Å². The van der Waals surface area contributed by atoms with Crippen LogP contribution in [0, 0.1) is 11.8 Å². The van der Waals surface area contributed by atoms with Crippen molar-refractivity contribution in [2.24, 2.45) is 17.6 Å². The van der Waals surface area contributed by atoms with E-state index in [1.165, 1.54) is 4.90 Å². The molecule has 2 aliphatic heterocycles. The molecule has 0 aromatic rings. The molecule has 0 spiro atoms. The molecule has 2 aliphatic rings. The molecule has 3 N–H and O–H groups in total. The Bertz CT molecular complexity index is 519. The highest BCUT2D eigenvalue weighted by Crippen LogP contribution is 2.22. The zero-order valence-corrected chi connectivity index (χ0v) is 16.1. The van der Waals surface area contributed by atoms with Crippen LogP contribution in [0.15, 0.2) is 0 Å². The maximum Gasteiger partial charge on any atom is 0.325 e. The van der Waals surface area contributed by atoms with E-state index in [0.717, 1.165) is 19.3 Å². The van der Waals surface area contributed by atoms with Crippen LogP contribution in [-0.4, -0.2) is 66.2 Å². The molecule has 0 aromatic heterocycles. The molecule has 8 heteroatoms. The van der Waals surface area contributed by atoms with E-state index < -0.39 is 24.1 Å². The van der Waals surface area contributed by atoms with E-state index >= 15 is 0 Å². The first-order valence-corrected chi connectivity index (χ1v) is 9.62. The van der Waals surface area contributed by atoms with Crippen LogP contribution in [0.4, 0.5) is 4.79 Å². The number of hydrogen-bond acceptors (Lipinski definition) is 5.